The number of rotatable bonds is 10. The predicted molar refractivity (Wildman–Crippen MR) is 97.6 cm³/mol. The molecular weight excluding hydrogens is 324 g/mol. The van der Waals surface area contributed by atoms with Crippen molar-refractivity contribution in [1.82, 2.24) is 10.2 Å². The molecule has 24 heavy (non-hydrogen) atoms. The molecule has 0 atom stereocenters. The summed E-state index contributed by atoms with van der Waals surface area (Å²) in [5.74, 6) is 0.950. The van der Waals surface area contributed by atoms with Crippen LogP contribution >= 0.6 is 0 Å². The van der Waals surface area contributed by atoms with E-state index >= 15 is 0 Å². The van der Waals surface area contributed by atoms with Crippen LogP contribution in [0.3, 0.4) is 0 Å². The summed E-state index contributed by atoms with van der Waals surface area (Å²) in [6.45, 7) is 2.94. The Morgan fingerprint density at radius 2 is 1.67 bits per heavy atom. The zero-order chi connectivity index (χ0) is 17.3. The lowest BCUT2D eigenvalue weighted by Crippen LogP contribution is -2.18. The number of nitrogens with zero attached hydrogens (tertiary/aromatic N) is 2. The summed E-state index contributed by atoms with van der Waals surface area (Å²) in [6.07, 6.45) is 3.44. The summed E-state index contributed by atoms with van der Waals surface area (Å²) >= 11 is 0. The lowest BCUT2D eigenvalue weighted by molar-refractivity contribution is 0.598. The molecule has 0 saturated carbocycles. The topological polar surface area (TPSA) is 84.0 Å². The van der Waals surface area contributed by atoms with Crippen LogP contribution < -0.4 is 10.0 Å². The van der Waals surface area contributed by atoms with Crippen molar-refractivity contribution in [3.8, 4) is 0 Å². The van der Waals surface area contributed by atoms with Crippen molar-refractivity contribution in [3.63, 3.8) is 0 Å². The minimum atomic E-state index is -3.41. The molecule has 0 saturated heterocycles. The van der Waals surface area contributed by atoms with Crippen LogP contribution in [-0.2, 0) is 16.4 Å². The molecule has 2 N–H and O–H groups in total. The fraction of sp³-hybridized carbons (Fsp3) is 0.412. The maximum atomic E-state index is 12.1. The van der Waals surface area contributed by atoms with Crippen molar-refractivity contribution in [2.24, 2.45) is 0 Å². The monoisotopic (exact) mass is 348 g/mol. The molecule has 2 aromatic rings. The maximum absolute atomic E-state index is 12.1. The van der Waals surface area contributed by atoms with Gasteiger partial charge in [0.05, 0.1) is 5.75 Å². The average molecular weight is 348 g/mol. The number of aryl methyl sites for hydroxylation is 1. The number of benzene rings is 1. The van der Waals surface area contributed by atoms with Gasteiger partial charge in [-0.15, -0.1) is 10.2 Å². The van der Waals surface area contributed by atoms with Gasteiger partial charge in [-0.25, -0.2) is 8.42 Å². The van der Waals surface area contributed by atoms with E-state index in [9.17, 15) is 8.42 Å². The van der Waals surface area contributed by atoms with Gasteiger partial charge in [0.25, 0.3) is 0 Å². The van der Waals surface area contributed by atoms with Crippen LogP contribution in [-0.4, -0.2) is 30.9 Å². The van der Waals surface area contributed by atoms with Gasteiger partial charge < -0.3 is 5.32 Å². The van der Waals surface area contributed by atoms with E-state index in [0.717, 1.165) is 31.4 Å². The number of anilines is 2. The fourth-order valence-electron chi connectivity index (χ4n) is 2.20. The standard InChI is InChI=1S/C17H24N4O2S/c1-2-3-13-18-16-11-12-17(20-19-16)21-24(22,23)14-7-10-15-8-5-4-6-9-15/h4-6,8-9,11-12H,2-3,7,10,13-14H2,1H3,(H,18,19)(H,20,21). The first-order chi connectivity index (χ1) is 11.6. The first-order valence-corrected chi connectivity index (χ1v) is 9.86. The number of nitrogens with one attached hydrogen (secondary N) is 2. The quantitative estimate of drug-likeness (QED) is 0.645. The van der Waals surface area contributed by atoms with Crippen molar-refractivity contribution < 1.29 is 8.42 Å². The Balaban J connectivity index is 1.80. The molecule has 6 nitrogen and oxygen atoms in total. The summed E-state index contributed by atoms with van der Waals surface area (Å²) in [7, 11) is -3.41. The lowest BCUT2D eigenvalue weighted by Gasteiger charge is -2.08. The molecule has 1 aromatic carbocycles. The molecule has 0 fully saturated rings. The number of unbranched alkanes of at least 4 members (excludes halogenated alkanes) is 1. The number of aromatic nitrogens is 2. The van der Waals surface area contributed by atoms with E-state index in [1.165, 1.54) is 0 Å². The van der Waals surface area contributed by atoms with Crippen LogP contribution in [0.5, 0.6) is 0 Å². The van der Waals surface area contributed by atoms with Gasteiger partial charge in [0.15, 0.2) is 5.82 Å². The molecule has 1 heterocycles. The van der Waals surface area contributed by atoms with E-state index < -0.39 is 10.0 Å². The van der Waals surface area contributed by atoms with E-state index in [1.54, 1.807) is 12.1 Å². The van der Waals surface area contributed by atoms with Crippen LogP contribution in [0.2, 0.25) is 0 Å². The minimum absolute atomic E-state index is 0.0556. The van der Waals surface area contributed by atoms with Gasteiger partial charge in [0.1, 0.15) is 5.82 Å². The van der Waals surface area contributed by atoms with Crippen LogP contribution in [0.1, 0.15) is 31.7 Å². The Bertz CT molecular complexity index is 703. The molecule has 0 aliphatic rings. The number of hydrogen-bond donors (Lipinski definition) is 2. The third kappa shape index (κ3) is 6.54. The SMILES string of the molecule is CCCCNc1ccc(NS(=O)(=O)CCCc2ccccc2)nn1. The highest BCUT2D eigenvalue weighted by Crippen LogP contribution is 2.10. The van der Waals surface area contributed by atoms with Crippen molar-refractivity contribution in [2.45, 2.75) is 32.6 Å². The third-order valence-electron chi connectivity index (χ3n) is 3.48. The molecular formula is C17H24N4O2S. The number of hydrogen-bond acceptors (Lipinski definition) is 5. The normalized spacial score (nSPS) is 11.2. The molecule has 0 spiro atoms. The van der Waals surface area contributed by atoms with Crippen molar-refractivity contribution >= 4 is 21.7 Å². The maximum Gasteiger partial charge on any atom is 0.233 e. The van der Waals surface area contributed by atoms with Crippen LogP contribution in [0, 0.1) is 0 Å². The van der Waals surface area contributed by atoms with E-state index in [-0.39, 0.29) is 11.6 Å². The van der Waals surface area contributed by atoms with Crippen molar-refractivity contribution in [1.29, 1.82) is 0 Å². The third-order valence-corrected chi connectivity index (χ3v) is 4.83. The second-order valence-corrected chi connectivity index (χ2v) is 7.44. The highest BCUT2D eigenvalue weighted by Gasteiger charge is 2.11. The molecule has 0 amide bonds. The van der Waals surface area contributed by atoms with Crippen LogP contribution in [0.25, 0.3) is 0 Å². The summed E-state index contributed by atoms with van der Waals surface area (Å²) in [4.78, 5) is 0. The van der Waals surface area contributed by atoms with Crippen molar-refractivity contribution in [2.75, 3.05) is 22.3 Å². The highest BCUT2D eigenvalue weighted by molar-refractivity contribution is 7.92. The predicted octanol–water partition coefficient (Wildman–Crippen LogP) is 3.06. The van der Waals surface area contributed by atoms with Gasteiger partial charge in [-0.05, 0) is 37.0 Å². The minimum Gasteiger partial charge on any atom is -0.369 e. The van der Waals surface area contributed by atoms with Crippen molar-refractivity contribution in [3.05, 3.63) is 48.0 Å². The molecule has 0 bridgehead atoms. The highest BCUT2D eigenvalue weighted by atomic mass is 32.2. The Hall–Kier alpha value is -2.15. The first-order valence-electron chi connectivity index (χ1n) is 8.21. The molecule has 7 heteroatoms. The van der Waals surface area contributed by atoms with Gasteiger partial charge in [0, 0.05) is 6.54 Å². The van der Waals surface area contributed by atoms with E-state index in [4.69, 9.17) is 0 Å². The van der Waals surface area contributed by atoms with E-state index in [0.29, 0.717) is 12.2 Å². The summed E-state index contributed by atoms with van der Waals surface area (Å²) in [5.41, 5.74) is 1.13. The molecule has 0 unspecified atom stereocenters. The van der Waals surface area contributed by atoms with Gasteiger partial charge in [-0.3, -0.25) is 4.72 Å². The second-order valence-electron chi connectivity index (χ2n) is 5.59. The Kier molecular flexibility index (Phi) is 6.99. The Morgan fingerprint density at radius 3 is 2.33 bits per heavy atom. The molecule has 0 aliphatic heterocycles. The molecule has 0 radical (unpaired) electrons. The van der Waals surface area contributed by atoms with Crippen LogP contribution in [0.15, 0.2) is 42.5 Å². The summed E-state index contributed by atoms with van der Waals surface area (Å²) < 4.78 is 26.7. The van der Waals surface area contributed by atoms with Crippen LogP contribution in [0.4, 0.5) is 11.6 Å². The van der Waals surface area contributed by atoms with Gasteiger partial charge >= 0.3 is 0 Å². The summed E-state index contributed by atoms with van der Waals surface area (Å²) in [6, 6.07) is 13.2. The van der Waals surface area contributed by atoms with Gasteiger partial charge in [-0.2, -0.15) is 0 Å². The zero-order valence-corrected chi connectivity index (χ0v) is 14.7. The summed E-state index contributed by atoms with van der Waals surface area (Å²) in [5, 5.41) is 11.0. The Morgan fingerprint density at radius 1 is 0.958 bits per heavy atom. The first kappa shape index (κ1) is 18.2. The van der Waals surface area contributed by atoms with E-state index in [1.807, 2.05) is 30.3 Å². The lowest BCUT2D eigenvalue weighted by atomic mass is 10.1. The molecule has 1 aromatic heterocycles. The Labute approximate surface area is 143 Å². The molecule has 0 aliphatic carbocycles. The molecule has 130 valence electrons. The van der Waals surface area contributed by atoms with E-state index in [2.05, 4.69) is 27.2 Å². The number of sulfonamides is 1. The zero-order valence-electron chi connectivity index (χ0n) is 13.9. The van der Waals surface area contributed by atoms with Gasteiger partial charge in [-0.1, -0.05) is 43.7 Å². The average Bonchev–Trinajstić information content (AvgIpc) is 2.57. The smallest absolute Gasteiger partial charge is 0.233 e. The second kappa shape index (κ2) is 9.22. The van der Waals surface area contributed by atoms with Gasteiger partial charge in [0.2, 0.25) is 10.0 Å². The molecule has 2 rings (SSSR count). The largest absolute Gasteiger partial charge is 0.369 e. The fourth-order valence-corrected chi connectivity index (χ4v) is 3.25.